The van der Waals surface area contributed by atoms with Crippen molar-refractivity contribution in [3.05, 3.63) is 29.6 Å². The molecule has 1 aliphatic heterocycles. The Balaban J connectivity index is 2.21. The summed E-state index contributed by atoms with van der Waals surface area (Å²) in [4.78, 5) is 14.2. The van der Waals surface area contributed by atoms with Gasteiger partial charge in [0.05, 0.1) is 0 Å². The molecule has 5 nitrogen and oxygen atoms in total. The molecule has 1 aliphatic rings. The fraction of sp³-hybridized carbons (Fsp3) is 0.533. The van der Waals surface area contributed by atoms with Crippen molar-refractivity contribution in [2.24, 2.45) is 0 Å². The smallest absolute Gasteiger partial charge is 0.238 e. The van der Waals surface area contributed by atoms with Gasteiger partial charge < -0.3 is 15.7 Å². The summed E-state index contributed by atoms with van der Waals surface area (Å²) in [7, 11) is 0. The number of halogens is 1. The Morgan fingerprint density at radius 3 is 3.05 bits per heavy atom. The number of phenolic OH excluding ortho intramolecular Hbond substituents is 1. The van der Waals surface area contributed by atoms with E-state index in [1.807, 2.05) is 18.7 Å². The molecular formula is C15H22FN3O2. The van der Waals surface area contributed by atoms with E-state index in [0.29, 0.717) is 25.2 Å². The molecule has 2 unspecified atom stereocenters. The first-order valence-corrected chi connectivity index (χ1v) is 7.27. The van der Waals surface area contributed by atoms with Crippen LogP contribution in [0, 0.1) is 5.82 Å². The lowest BCUT2D eigenvalue weighted by Crippen LogP contribution is -2.58. The molecule has 1 aromatic rings. The molecule has 2 rings (SSSR count). The second-order valence-electron chi connectivity index (χ2n) is 5.23. The Labute approximate surface area is 124 Å². The Bertz CT molecular complexity index is 510. The van der Waals surface area contributed by atoms with Gasteiger partial charge in [-0.3, -0.25) is 9.69 Å². The van der Waals surface area contributed by atoms with Gasteiger partial charge >= 0.3 is 0 Å². The van der Waals surface area contributed by atoms with Gasteiger partial charge in [0.15, 0.2) is 0 Å². The molecule has 6 heteroatoms. The van der Waals surface area contributed by atoms with Crippen LogP contribution in [0.15, 0.2) is 18.2 Å². The number of carbonyl (C=O) groups excluding carboxylic acids is 1. The van der Waals surface area contributed by atoms with Gasteiger partial charge in [0, 0.05) is 43.9 Å². The highest BCUT2D eigenvalue weighted by atomic mass is 19.1. The van der Waals surface area contributed by atoms with Gasteiger partial charge in [-0.15, -0.1) is 0 Å². The van der Waals surface area contributed by atoms with E-state index in [9.17, 15) is 14.3 Å². The molecule has 0 aromatic heterocycles. The normalized spacial score (nSPS) is 21.0. The quantitative estimate of drug-likeness (QED) is 0.775. The topological polar surface area (TPSA) is 64.6 Å². The second-order valence-corrected chi connectivity index (χ2v) is 5.23. The van der Waals surface area contributed by atoms with Crippen molar-refractivity contribution in [1.82, 2.24) is 15.5 Å². The number of benzene rings is 1. The summed E-state index contributed by atoms with van der Waals surface area (Å²) in [5, 5.41) is 15.3. The van der Waals surface area contributed by atoms with Crippen LogP contribution < -0.4 is 10.6 Å². The number of nitrogens with one attached hydrogen (secondary N) is 2. The average molecular weight is 295 g/mol. The van der Waals surface area contributed by atoms with Gasteiger partial charge in [0.25, 0.3) is 0 Å². The molecule has 2 atom stereocenters. The van der Waals surface area contributed by atoms with Crippen molar-refractivity contribution in [3.63, 3.8) is 0 Å². The van der Waals surface area contributed by atoms with E-state index in [4.69, 9.17) is 0 Å². The zero-order valence-corrected chi connectivity index (χ0v) is 12.4. The molecule has 1 saturated heterocycles. The van der Waals surface area contributed by atoms with Crippen LogP contribution in [0.2, 0.25) is 0 Å². The number of hydrogen-bond acceptors (Lipinski definition) is 4. The fourth-order valence-corrected chi connectivity index (χ4v) is 2.75. The van der Waals surface area contributed by atoms with Crippen LogP contribution in [-0.4, -0.2) is 48.1 Å². The monoisotopic (exact) mass is 295 g/mol. The predicted molar refractivity (Wildman–Crippen MR) is 78.5 cm³/mol. The highest BCUT2D eigenvalue weighted by Gasteiger charge is 2.32. The van der Waals surface area contributed by atoms with Crippen LogP contribution in [0.25, 0.3) is 0 Å². The van der Waals surface area contributed by atoms with Gasteiger partial charge in [-0.2, -0.15) is 0 Å². The first kappa shape index (κ1) is 15.7. The minimum atomic E-state index is -0.448. The number of phenols is 1. The maximum absolute atomic E-state index is 14.0. The van der Waals surface area contributed by atoms with E-state index in [0.717, 1.165) is 12.6 Å². The summed E-state index contributed by atoms with van der Waals surface area (Å²) in [6.07, 6.45) is 0. The van der Waals surface area contributed by atoms with E-state index < -0.39 is 5.82 Å². The van der Waals surface area contributed by atoms with Crippen molar-refractivity contribution < 1.29 is 14.3 Å². The molecule has 0 aliphatic carbocycles. The lowest BCUT2D eigenvalue weighted by molar-refractivity contribution is -0.128. The fourth-order valence-electron chi connectivity index (χ4n) is 2.75. The minimum absolute atomic E-state index is 0.0456. The summed E-state index contributed by atoms with van der Waals surface area (Å²) < 4.78 is 14.0. The summed E-state index contributed by atoms with van der Waals surface area (Å²) >= 11 is 0. The van der Waals surface area contributed by atoms with Crippen LogP contribution in [-0.2, 0) is 4.79 Å². The van der Waals surface area contributed by atoms with Crippen LogP contribution in [0.5, 0.6) is 5.75 Å². The lowest BCUT2D eigenvalue weighted by Gasteiger charge is -2.39. The highest BCUT2D eigenvalue weighted by molar-refractivity contribution is 5.82. The number of aromatic hydroxyl groups is 1. The summed E-state index contributed by atoms with van der Waals surface area (Å²) in [6.45, 7) is 6.32. The van der Waals surface area contributed by atoms with E-state index in [1.165, 1.54) is 6.07 Å². The van der Waals surface area contributed by atoms with E-state index in [1.54, 1.807) is 6.07 Å². The molecule has 0 spiro atoms. The van der Waals surface area contributed by atoms with Gasteiger partial charge in [-0.1, -0.05) is 6.07 Å². The van der Waals surface area contributed by atoms with Gasteiger partial charge in [0.2, 0.25) is 5.91 Å². The SMILES string of the molecule is CCNC(=O)C1CNCCN1C(C)c1ccc(O)cc1F. The molecule has 0 radical (unpaired) electrons. The van der Waals surface area contributed by atoms with E-state index >= 15 is 0 Å². The van der Waals surface area contributed by atoms with E-state index in [2.05, 4.69) is 10.6 Å². The number of amides is 1. The first-order valence-electron chi connectivity index (χ1n) is 7.27. The summed E-state index contributed by atoms with van der Waals surface area (Å²) in [5.41, 5.74) is 0.490. The standard InChI is InChI=1S/C15H22FN3O2/c1-3-18-15(21)14-9-17-6-7-19(14)10(2)12-5-4-11(20)8-13(12)16/h4-5,8,10,14,17,20H,3,6-7,9H2,1-2H3,(H,18,21). The number of likely N-dealkylation sites (N-methyl/N-ethyl adjacent to an activating group) is 1. The number of piperazine rings is 1. The third-order valence-corrected chi connectivity index (χ3v) is 3.87. The molecule has 0 bridgehead atoms. The van der Waals surface area contributed by atoms with E-state index in [-0.39, 0.29) is 23.7 Å². The Kier molecular flexibility index (Phi) is 5.14. The van der Waals surface area contributed by atoms with Gasteiger partial charge in [-0.25, -0.2) is 4.39 Å². The van der Waals surface area contributed by atoms with Crippen molar-refractivity contribution in [3.8, 4) is 5.75 Å². The van der Waals surface area contributed by atoms with Crippen LogP contribution >= 0.6 is 0 Å². The van der Waals surface area contributed by atoms with Crippen LogP contribution in [0.1, 0.15) is 25.5 Å². The minimum Gasteiger partial charge on any atom is -0.508 e. The third-order valence-electron chi connectivity index (χ3n) is 3.87. The molecule has 116 valence electrons. The molecule has 0 saturated carbocycles. The molecule has 1 heterocycles. The number of nitrogens with zero attached hydrogens (tertiary/aromatic N) is 1. The van der Waals surface area contributed by atoms with Crippen LogP contribution in [0.4, 0.5) is 4.39 Å². The Hall–Kier alpha value is -1.66. The Morgan fingerprint density at radius 1 is 1.62 bits per heavy atom. The molecule has 21 heavy (non-hydrogen) atoms. The first-order chi connectivity index (χ1) is 10.0. The largest absolute Gasteiger partial charge is 0.508 e. The Morgan fingerprint density at radius 2 is 2.38 bits per heavy atom. The zero-order valence-electron chi connectivity index (χ0n) is 12.4. The number of rotatable bonds is 4. The molecule has 1 aromatic carbocycles. The van der Waals surface area contributed by atoms with Gasteiger partial charge in [0.1, 0.15) is 17.6 Å². The van der Waals surface area contributed by atoms with Crippen molar-refractivity contribution >= 4 is 5.91 Å². The summed E-state index contributed by atoms with van der Waals surface area (Å²) in [5.74, 6) is -0.588. The third kappa shape index (κ3) is 3.51. The average Bonchev–Trinajstić information content (AvgIpc) is 2.47. The van der Waals surface area contributed by atoms with Crippen molar-refractivity contribution in [2.75, 3.05) is 26.2 Å². The molecule has 1 amide bonds. The predicted octanol–water partition coefficient (Wildman–Crippen LogP) is 1.00. The van der Waals surface area contributed by atoms with Crippen LogP contribution in [0.3, 0.4) is 0 Å². The summed E-state index contributed by atoms with van der Waals surface area (Å²) in [6, 6.07) is 3.60. The highest BCUT2D eigenvalue weighted by Crippen LogP contribution is 2.27. The molecule has 1 fully saturated rings. The lowest BCUT2D eigenvalue weighted by atomic mass is 10.0. The van der Waals surface area contributed by atoms with Crippen molar-refractivity contribution in [2.45, 2.75) is 25.9 Å². The van der Waals surface area contributed by atoms with Crippen molar-refractivity contribution in [1.29, 1.82) is 0 Å². The number of hydrogen-bond donors (Lipinski definition) is 3. The molecular weight excluding hydrogens is 273 g/mol. The van der Waals surface area contributed by atoms with Gasteiger partial charge in [-0.05, 0) is 19.9 Å². The maximum atomic E-state index is 14.0. The molecule has 3 N–H and O–H groups in total. The zero-order chi connectivity index (χ0) is 15.4. The second kappa shape index (κ2) is 6.87. The number of carbonyl (C=O) groups is 1. The maximum Gasteiger partial charge on any atom is 0.238 e.